The van der Waals surface area contributed by atoms with Gasteiger partial charge in [0.1, 0.15) is 0 Å². The Morgan fingerprint density at radius 3 is 2.92 bits per heavy atom. The Hall–Kier alpha value is -1.86. The number of hydroxylamine groups is 2. The van der Waals surface area contributed by atoms with E-state index in [1.54, 1.807) is 0 Å². The topological polar surface area (TPSA) is 74.9 Å². The van der Waals surface area contributed by atoms with E-state index in [-0.39, 0.29) is 29.8 Å². The Kier molecular flexibility index (Phi) is 5.26. The summed E-state index contributed by atoms with van der Waals surface area (Å²) in [6, 6.07) is 3.95. The first kappa shape index (κ1) is 17.5. The van der Waals surface area contributed by atoms with Gasteiger partial charge in [0.05, 0.1) is 19.3 Å². The molecule has 3 atom stereocenters. The fourth-order valence-electron chi connectivity index (χ4n) is 4.26. The Morgan fingerprint density at radius 1 is 1.23 bits per heavy atom. The Morgan fingerprint density at radius 2 is 2.15 bits per heavy atom. The van der Waals surface area contributed by atoms with Crippen LogP contribution in [-0.2, 0) is 25.6 Å². The quantitative estimate of drug-likeness (QED) is 0.859. The number of aromatic nitrogens is 1. The van der Waals surface area contributed by atoms with E-state index >= 15 is 0 Å². The van der Waals surface area contributed by atoms with Crippen LogP contribution in [0.4, 0.5) is 0 Å². The molecule has 142 valence electrons. The fourth-order valence-corrected chi connectivity index (χ4v) is 4.26. The molecule has 1 aromatic rings. The molecule has 7 heteroatoms. The number of hydrogen-bond donors (Lipinski definition) is 1. The summed E-state index contributed by atoms with van der Waals surface area (Å²) in [6.07, 6.45) is 5.65. The van der Waals surface area contributed by atoms with Crippen LogP contribution >= 0.6 is 0 Å². The minimum atomic E-state index is 0.0514. The predicted molar refractivity (Wildman–Crippen MR) is 93.9 cm³/mol. The summed E-state index contributed by atoms with van der Waals surface area (Å²) in [5, 5.41) is 1.52. The Labute approximate surface area is 153 Å². The molecule has 3 fully saturated rings. The van der Waals surface area contributed by atoms with E-state index in [0.29, 0.717) is 45.7 Å². The van der Waals surface area contributed by atoms with E-state index in [4.69, 9.17) is 9.57 Å². The summed E-state index contributed by atoms with van der Waals surface area (Å²) in [5.41, 5.74) is 1.08. The lowest BCUT2D eigenvalue weighted by molar-refractivity contribution is -0.198. The maximum absolute atomic E-state index is 12.5. The number of aromatic amines is 1. The maximum Gasteiger partial charge on any atom is 0.246 e. The molecule has 4 heterocycles. The molecule has 4 rings (SSSR count). The number of fused-ring (bicyclic) bond motifs is 1. The highest BCUT2D eigenvalue weighted by molar-refractivity contribution is 5.77. The number of nitrogens with zero attached hydrogens (tertiary/aromatic N) is 2. The lowest BCUT2D eigenvalue weighted by Gasteiger charge is -2.27. The Bertz CT molecular complexity index is 627. The van der Waals surface area contributed by atoms with Crippen molar-refractivity contribution in [2.45, 2.75) is 38.2 Å². The predicted octanol–water partition coefficient (Wildman–Crippen LogP) is 1.36. The highest BCUT2D eigenvalue weighted by Crippen LogP contribution is 2.36. The molecule has 0 aliphatic carbocycles. The lowest BCUT2D eigenvalue weighted by atomic mass is 9.90. The highest BCUT2D eigenvalue weighted by atomic mass is 16.7. The van der Waals surface area contributed by atoms with Crippen LogP contribution in [0.3, 0.4) is 0 Å². The normalized spacial score (nSPS) is 28.4. The second-order valence-corrected chi connectivity index (χ2v) is 7.53. The van der Waals surface area contributed by atoms with Crippen LogP contribution in [0.5, 0.6) is 0 Å². The van der Waals surface area contributed by atoms with Gasteiger partial charge in [-0.25, -0.2) is 5.06 Å². The second kappa shape index (κ2) is 7.80. The molecule has 0 saturated carbocycles. The van der Waals surface area contributed by atoms with E-state index in [0.717, 1.165) is 25.0 Å². The number of amides is 2. The van der Waals surface area contributed by atoms with Crippen LogP contribution < -0.4 is 0 Å². The van der Waals surface area contributed by atoms with Gasteiger partial charge in [-0.2, -0.15) is 0 Å². The summed E-state index contributed by atoms with van der Waals surface area (Å²) < 4.78 is 5.90. The number of hydrogen-bond acceptors (Lipinski definition) is 4. The molecule has 0 unspecified atom stereocenters. The number of H-pyrrole nitrogens is 1. The van der Waals surface area contributed by atoms with Gasteiger partial charge in [-0.1, -0.05) is 0 Å². The summed E-state index contributed by atoms with van der Waals surface area (Å²) >= 11 is 0. The Balaban J connectivity index is 1.27. The molecule has 3 aliphatic heterocycles. The van der Waals surface area contributed by atoms with Crippen molar-refractivity contribution in [2.24, 2.45) is 11.8 Å². The molecule has 0 spiro atoms. The molecule has 0 radical (unpaired) electrons. The van der Waals surface area contributed by atoms with Gasteiger partial charge in [-0.05, 0) is 37.3 Å². The highest BCUT2D eigenvalue weighted by Gasteiger charge is 2.46. The van der Waals surface area contributed by atoms with Crippen LogP contribution in [0.2, 0.25) is 0 Å². The lowest BCUT2D eigenvalue weighted by Crippen LogP contribution is -2.38. The average Bonchev–Trinajstić information content (AvgIpc) is 3.39. The number of aryl methyl sites for hydroxylation is 1. The standard InChI is InChI=1S/C19H27N3O4/c23-18(6-5-15-4-3-7-20-15)21-11-16-14(13-25-17(16)12-21)10-19(24)22-8-1-2-9-26-22/h3-4,7,14,16-17,20H,1-2,5-6,8-13H2/t14-,16-,17-/m1/s1. The first-order chi connectivity index (χ1) is 12.7. The van der Waals surface area contributed by atoms with Gasteiger partial charge >= 0.3 is 0 Å². The van der Waals surface area contributed by atoms with Crippen LogP contribution in [0.25, 0.3) is 0 Å². The third kappa shape index (κ3) is 3.78. The number of carbonyl (C=O) groups excluding carboxylic acids is 2. The first-order valence-electron chi connectivity index (χ1n) is 9.65. The smallest absolute Gasteiger partial charge is 0.246 e. The minimum absolute atomic E-state index is 0.0514. The number of carbonyl (C=O) groups is 2. The van der Waals surface area contributed by atoms with E-state index < -0.39 is 0 Å². The third-order valence-corrected chi connectivity index (χ3v) is 5.78. The molecule has 1 aromatic heterocycles. The molecule has 2 amide bonds. The number of nitrogens with one attached hydrogen (secondary N) is 1. The molecular formula is C19H27N3O4. The van der Waals surface area contributed by atoms with Crippen molar-refractivity contribution >= 4 is 11.8 Å². The van der Waals surface area contributed by atoms with Gasteiger partial charge in [0, 0.05) is 50.3 Å². The van der Waals surface area contributed by atoms with Gasteiger partial charge in [0.2, 0.25) is 11.8 Å². The summed E-state index contributed by atoms with van der Waals surface area (Å²) in [6.45, 7) is 3.28. The summed E-state index contributed by atoms with van der Waals surface area (Å²) in [7, 11) is 0. The summed E-state index contributed by atoms with van der Waals surface area (Å²) in [5.74, 6) is 0.662. The zero-order valence-electron chi connectivity index (χ0n) is 15.1. The number of likely N-dealkylation sites (tertiary alicyclic amines) is 1. The second-order valence-electron chi connectivity index (χ2n) is 7.53. The molecular weight excluding hydrogens is 334 g/mol. The van der Waals surface area contributed by atoms with Crippen LogP contribution in [0.15, 0.2) is 18.3 Å². The van der Waals surface area contributed by atoms with Crippen molar-refractivity contribution in [3.63, 3.8) is 0 Å². The first-order valence-corrected chi connectivity index (χ1v) is 9.65. The zero-order valence-corrected chi connectivity index (χ0v) is 15.1. The van der Waals surface area contributed by atoms with Crippen molar-refractivity contribution in [3.8, 4) is 0 Å². The van der Waals surface area contributed by atoms with E-state index in [2.05, 4.69) is 4.98 Å². The van der Waals surface area contributed by atoms with Crippen LogP contribution in [0.1, 0.15) is 31.4 Å². The van der Waals surface area contributed by atoms with Crippen molar-refractivity contribution in [3.05, 3.63) is 24.0 Å². The van der Waals surface area contributed by atoms with Crippen LogP contribution in [0, 0.1) is 11.8 Å². The monoisotopic (exact) mass is 361 g/mol. The molecule has 3 aliphatic rings. The van der Waals surface area contributed by atoms with Gasteiger partial charge < -0.3 is 14.6 Å². The maximum atomic E-state index is 12.5. The van der Waals surface area contributed by atoms with Crippen molar-refractivity contribution < 1.29 is 19.2 Å². The molecule has 1 N–H and O–H groups in total. The zero-order chi connectivity index (χ0) is 17.9. The molecule has 26 heavy (non-hydrogen) atoms. The summed E-state index contributed by atoms with van der Waals surface area (Å²) in [4.78, 5) is 35.5. The van der Waals surface area contributed by atoms with E-state index in [1.165, 1.54) is 5.06 Å². The largest absolute Gasteiger partial charge is 0.376 e. The van der Waals surface area contributed by atoms with Gasteiger partial charge in [-0.15, -0.1) is 0 Å². The van der Waals surface area contributed by atoms with E-state index in [9.17, 15) is 9.59 Å². The third-order valence-electron chi connectivity index (χ3n) is 5.78. The molecule has 3 saturated heterocycles. The van der Waals surface area contributed by atoms with Crippen molar-refractivity contribution in [1.82, 2.24) is 14.9 Å². The molecule has 0 aromatic carbocycles. The average molecular weight is 361 g/mol. The molecule has 0 bridgehead atoms. The van der Waals surface area contributed by atoms with E-state index in [1.807, 2.05) is 23.2 Å². The SMILES string of the molecule is O=C(CCc1ccc[nH]1)N1C[C@@H]2[C@H](CC(=O)N3CCCCO3)CO[C@@H]2C1. The van der Waals surface area contributed by atoms with Crippen LogP contribution in [-0.4, -0.2) is 65.7 Å². The minimum Gasteiger partial charge on any atom is -0.376 e. The molecule has 7 nitrogen and oxygen atoms in total. The van der Waals surface area contributed by atoms with Gasteiger partial charge in [0.15, 0.2) is 0 Å². The van der Waals surface area contributed by atoms with Gasteiger partial charge in [-0.3, -0.25) is 14.4 Å². The van der Waals surface area contributed by atoms with Crippen molar-refractivity contribution in [2.75, 3.05) is 32.8 Å². The van der Waals surface area contributed by atoms with Crippen molar-refractivity contribution in [1.29, 1.82) is 0 Å². The number of ether oxygens (including phenoxy) is 1. The number of rotatable bonds is 5. The fraction of sp³-hybridized carbons (Fsp3) is 0.684. The van der Waals surface area contributed by atoms with Gasteiger partial charge in [0.25, 0.3) is 0 Å².